The van der Waals surface area contributed by atoms with Crippen LogP contribution in [0.1, 0.15) is 12.1 Å². The van der Waals surface area contributed by atoms with E-state index in [9.17, 15) is 4.79 Å². The maximum Gasteiger partial charge on any atom is 0.307 e. The summed E-state index contributed by atoms with van der Waals surface area (Å²) in [6.07, 6.45) is 2.37. The Morgan fingerprint density at radius 2 is 2.29 bits per heavy atom. The quantitative estimate of drug-likeness (QED) is 0.539. The van der Waals surface area contributed by atoms with Crippen LogP contribution in [0.15, 0.2) is 18.3 Å². The van der Waals surface area contributed by atoms with Crippen LogP contribution in [0.4, 0.5) is 0 Å². The van der Waals surface area contributed by atoms with Crippen LogP contribution in [0.5, 0.6) is 0 Å². The Morgan fingerprint density at radius 1 is 1.47 bits per heavy atom. The summed E-state index contributed by atoms with van der Waals surface area (Å²) < 4.78 is 11.6. The SMILES string of the molecule is COCCNCc1cccn1CCC(=O)OC. The molecular weight excluding hydrogens is 220 g/mol. The molecule has 1 N–H and O–H groups in total. The van der Waals surface area contributed by atoms with E-state index < -0.39 is 0 Å². The number of aryl methyl sites for hydroxylation is 1. The number of methoxy groups -OCH3 is 2. The molecule has 5 nitrogen and oxygen atoms in total. The molecule has 0 unspecified atom stereocenters. The topological polar surface area (TPSA) is 52.5 Å². The molecule has 1 aromatic rings. The Morgan fingerprint density at radius 3 is 3.00 bits per heavy atom. The summed E-state index contributed by atoms with van der Waals surface area (Å²) in [6.45, 7) is 2.94. The molecular formula is C12H20N2O3. The molecule has 1 aromatic heterocycles. The first-order chi connectivity index (χ1) is 8.27. The van der Waals surface area contributed by atoms with Crippen molar-refractivity contribution in [3.05, 3.63) is 24.0 Å². The standard InChI is InChI=1S/C12H20N2O3/c1-16-9-6-13-10-11-4-3-7-14(11)8-5-12(15)17-2/h3-4,7,13H,5-6,8-10H2,1-2H3. The minimum atomic E-state index is -0.183. The smallest absolute Gasteiger partial charge is 0.307 e. The lowest BCUT2D eigenvalue weighted by Gasteiger charge is -2.09. The molecule has 1 heterocycles. The van der Waals surface area contributed by atoms with E-state index in [1.54, 1.807) is 7.11 Å². The van der Waals surface area contributed by atoms with Crippen molar-refractivity contribution in [2.75, 3.05) is 27.4 Å². The van der Waals surface area contributed by atoms with Gasteiger partial charge in [0.2, 0.25) is 0 Å². The summed E-state index contributed by atoms with van der Waals surface area (Å²) in [4.78, 5) is 11.0. The molecule has 0 spiro atoms. The summed E-state index contributed by atoms with van der Waals surface area (Å²) in [5, 5.41) is 3.27. The van der Waals surface area contributed by atoms with Gasteiger partial charge in [-0.15, -0.1) is 0 Å². The zero-order valence-electron chi connectivity index (χ0n) is 10.4. The summed E-state index contributed by atoms with van der Waals surface area (Å²) in [7, 11) is 3.09. The largest absolute Gasteiger partial charge is 0.469 e. The van der Waals surface area contributed by atoms with Crippen LogP contribution >= 0.6 is 0 Å². The van der Waals surface area contributed by atoms with Crippen molar-refractivity contribution >= 4 is 5.97 Å². The summed E-state index contributed by atoms with van der Waals surface area (Å²) >= 11 is 0. The third-order valence-electron chi connectivity index (χ3n) is 2.50. The Balaban J connectivity index is 2.34. The van der Waals surface area contributed by atoms with E-state index in [-0.39, 0.29) is 5.97 Å². The van der Waals surface area contributed by atoms with Gasteiger partial charge in [0.05, 0.1) is 20.1 Å². The second kappa shape index (κ2) is 7.86. The number of hydrogen-bond donors (Lipinski definition) is 1. The Labute approximate surface area is 102 Å². The second-order valence-electron chi connectivity index (χ2n) is 3.69. The highest BCUT2D eigenvalue weighted by Crippen LogP contribution is 2.03. The van der Waals surface area contributed by atoms with Gasteiger partial charge in [-0.3, -0.25) is 4.79 Å². The first-order valence-corrected chi connectivity index (χ1v) is 5.68. The highest BCUT2D eigenvalue weighted by Gasteiger charge is 2.04. The van der Waals surface area contributed by atoms with Gasteiger partial charge in [0.1, 0.15) is 0 Å². The van der Waals surface area contributed by atoms with E-state index in [1.165, 1.54) is 7.11 Å². The Kier molecular flexibility index (Phi) is 6.35. The predicted molar refractivity (Wildman–Crippen MR) is 64.6 cm³/mol. The summed E-state index contributed by atoms with van der Waals surface area (Å²) in [6, 6.07) is 4.02. The van der Waals surface area contributed by atoms with Crippen molar-refractivity contribution < 1.29 is 14.3 Å². The summed E-state index contributed by atoms with van der Waals surface area (Å²) in [5.74, 6) is -0.183. The lowest BCUT2D eigenvalue weighted by molar-refractivity contribution is -0.140. The van der Waals surface area contributed by atoms with Crippen LogP contribution in [0.25, 0.3) is 0 Å². The van der Waals surface area contributed by atoms with Gasteiger partial charge in [-0.2, -0.15) is 0 Å². The fourth-order valence-corrected chi connectivity index (χ4v) is 1.53. The maximum atomic E-state index is 11.0. The van der Waals surface area contributed by atoms with Crippen LogP contribution in [-0.2, 0) is 27.4 Å². The minimum Gasteiger partial charge on any atom is -0.469 e. The maximum absolute atomic E-state index is 11.0. The van der Waals surface area contributed by atoms with E-state index in [4.69, 9.17) is 4.74 Å². The predicted octanol–water partition coefficient (Wildman–Crippen LogP) is 0.787. The lowest BCUT2D eigenvalue weighted by Crippen LogP contribution is -2.20. The molecule has 96 valence electrons. The van der Waals surface area contributed by atoms with Gasteiger partial charge >= 0.3 is 5.97 Å². The molecule has 5 heteroatoms. The molecule has 0 amide bonds. The Bertz CT molecular complexity index is 336. The number of carbonyl (C=O) groups excluding carboxylic acids is 1. The zero-order chi connectivity index (χ0) is 12.5. The van der Waals surface area contributed by atoms with Crippen molar-refractivity contribution in [2.45, 2.75) is 19.5 Å². The zero-order valence-corrected chi connectivity index (χ0v) is 10.4. The number of rotatable bonds is 8. The molecule has 0 aliphatic carbocycles. The third-order valence-corrected chi connectivity index (χ3v) is 2.50. The highest BCUT2D eigenvalue weighted by molar-refractivity contribution is 5.68. The minimum absolute atomic E-state index is 0.183. The molecule has 17 heavy (non-hydrogen) atoms. The number of hydrogen-bond acceptors (Lipinski definition) is 4. The van der Waals surface area contributed by atoms with Gasteiger partial charge in [-0.1, -0.05) is 0 Å². The van der Waals surface area contributed by atoms with E-state index in [0.29, 0.717) is 19.6 Å². The van der Waals surface area contributed by atoms with Crippen molar-refractivity contribution in [3.63, 3.8) is 0 Å². The monoisotopic (exact) mass is 240 g/mol. The van der Waals surface area contributed by atoms with Gasteiger partial charge in [0.15, 0.2) is 0 Å². The van der Waals surface area contributed by atoms with Gasteiger partial charge < -0.3 is 19.4 Å². The number of carbonyl (C=O) groups is 1. The number of aromatic nitrogens is 1. The van der Waals surface area contributed by atoms with Crippen LogP contribution < -0.4 is 5.32 Å². The van der Waals surface area contributed by atoms with E-state index >= 15 is 0 Å². The molecule has 0 bridgehead atoms. The van der Waals surface area contributed by atoms with Gasteiger partial charge in [-0.05, 0) is 12.1 Å². The highest BCUT2D eigenvalue weighted by atomic mass is 16.5. The molecule has 0 fully saturated rings. The molecule has 0 saturated carbocycles. The van der Waals surface area contributed by atoms with Crippen LogP contribution in [-0.4, -0.2) is 37.9 Å². The van der Waals surface area contributed by atoms with E-state index in [0.717, 1.165) is 18.8 Å². The first-order valence-electron chi connectivity index (χ1n) is 5.68. The molecule has 0 atom stereocenters. The number of nitrogens with zero attached hydrogens (tertiary/aromatic N) is 1. The average molecular weight is 240 g/mol. The number of esters is 1. The molecule has 0 aliphatic heterocycles. The van der Waals surface area contributed by atoms with Crippen molar-refractivity contribution in [1.82, 2.24) is 9.88 Å². The number of nitrogens with one attached hydrogen (secondary N) is 1. The second-order valence-corrected chi connectivity index (χ2v) is 3.69. The number of ether oxygens (including phenoxy) is 2. The third kappa shape index (κ3) is 5.01. The van der Waals surface area contributed by atoms with Gasteiger partial charge in [-0.25, -0.2) is 0 Å². The lowest BCUT2D eigenvalue weighted by atomic mass is 10.4. The molecule has 0 aromatic carbocycles. The fraction of sp³-hybridized carbons (Fsp3) is 0.583. The van der Waals surface area contributed by atoms with Crippen molar-refractivity contribution in [2.24, 2.45) is 0 Å². The molecule has 1 rings (SSSR count). The molecule has 0 saturated heterocycles. The molecule has 0 aliphatic rings. The van der Waals surface area contributed by atoms with E-state index in [1.807, 2.05) is 18.3 Å². The van der Waals surface area contributed by atoms with Crippen molar-refractivity contribution in [3.8, 4) is 0 Å². The van der Waals surface area contributed by atoms with E-state index in [2.05, 4.69) is 14.6 Å². The van der Waals surface area contributed by atoms with Crippen LogP contribution in [0.2, 0.25) is 0 Å². The van der Waals surface area contributed by atoms with Crippen molar-refractivity contribution in [1.29, 1.82) is 0 Å². The average Bonchev–Trinajstić information content (AvgIpc) is 2.79. The Hall–Kier alpha value is -1.33. The first kappa shape index (κ1) is 13.7. The van der Waals surface area contributed by atoms with Crippen LogP contribution in [0.3, 0.4) is 0 Å². The normalized spacial score (nSPS) is 10.5. The summed E-state index contributed by atoms with van der Waals surface area (Å²) in [5.41, 5.74) is 1.16. The van der Waals surface area contributed by atoms with Gasteiger partial charge in [0.25, 0.3) is 0 Å². The fourth-order valence-electron chi connectivity index (χ4n) is 1.53. The van der Waals surface area contributed by atoms with Gasteiger partial charge in [0, 0.05) is 38.6 Å². The van der Waals surface area contributed by atoms with Crippen LogP contribution in [0, 0.1) is 0 Å². The molecule has 0 radical (unpaired) electrons.